The number of oxazole rings is 1. The SMILES string of the molecule is CCCc1nc(C)c(C(=O)N2CC(c3cccc(Cl)c3)C2)o1. The number of carbonyl (C=O) groups excluding carboxylic acids is 1. The van der Waals surface area contributed by atoms with Gasteiger partial charge in [0.1, 0.15) is 0 Å². The minimum Gasteiger partial charge on any atom is -0.435 e. The van der Waals surface area contributed by atoms with E-state index in [2.05, 4.69) is 18.0 Å². The average Bonchev–Trinajstić information content (AvgIpc) is 2.78. The van der Waals surface area contributed by atoms with E-state index in [0.717, 1.165) is 17.9 Å². The van der Waals surface area contributed by atoms with Crippen LogP contribution in [0.1, 0.15) is 47.0 Å². The second kappa shape index (κ2) is 6.13. The van der Waals surface area contributed by atoms with Crippen molar-refractivity contribution in [3.05, 3.63) is 52.2 Å². The van der Waals surface area contributed by atoms with Crippen LogP contribution in [0.25, 0.3) is 0 Å². The lowest BCUT2D eigenvalue weighted by atomic mass is 9.91. The summed E-state index contributed by atoms with van der Waals surface area (Å²) in [7, 11) is 0. The van der Waals surface area contributed by atoms with Gasteiger partial charge >= 0.3 is 0 Å². The molecule has 0 unspecified atom stereocenters. The third kappa shape index (κ3) is 2.88. The molecule has 0 N–H and O–H groups in total. The van der Waals surface area contributed by atoms with Crippen molar-refractivity contribution in [1.29, 1.82) is 0 Å². The summed E-state index contributed by atoms with van der Waals surface area (Å²) < 4.78 is 5.61. The molecule has 5 heteroatoms. The van der Waals surface area contributed by atoms with Gasteiger partial charge in [0.2, 0.25) is 5.76 Å². The maximum Gasteiger partial charge on any atom is 0.291 e. The molecule has 1 aromatic carbocycles. The third-order valence-electron chi connectivity index (χ3n) is 3.99. The van der Waals surface area contributed by atoms with E-state index in [9.17, 15) is 4.79 Å². The van der Waals surface area contributed by atoms with Crippen molar-refractivity contribution in [3.63, 3.8) is 0 Å². The van der Waals surface area contributed by atoms with E-state index in [0.29, 0.717) is 36.4 Å². The summed E-state index contributed by atoms with van der Waals surface area (Å²) in [6, 6.07) is 7.82. The van der Waals surface area contributed by atoms with E-state index < -0.39 is 0 Å². The molecule has 0 saturated carbocycles. The van der Waals surface area contributed by atoms with Gasteiger partial charge in [-0.25, -0.2) is 4.98 Å². The largest absolute Gasteiger partial charge is 0.435 e. The Labute approximate surface area is 135 Å². The topological polar surface area (TPSA) is 46.3 Å². The molecule has 1 aromatic heterocycles. The van der Waals surface area contributed by atoms with Gasteiger partial charge in [-0.15, -0.1) is 0 Å². The maximum atomic E-state index is 12.5. The lowest BCUT2D eigenvalue weighted by molar-refractivity contribution is 0.0566. The highest BCUT2D eigenvalue weighted by atomic mass is 35.5. The van der Waals surface area contributed by atoms with Crippen LogP contribution in [0.2, 0.25) is 5.02 Å². The Kier molecular flexibility index (Phi) is 4.21. The van der Waals surface area contributed by atoms with Crippen LogP contribution >= 0.6 is 11.6 Å². The Morgan fingerprint density at radius 2 is 2.23 bits per heavy atom. The molecular formula is C17H19ClN2O2. The number of halogens is 1. The van der Waals surface area contributed by atoms with Crippen LogP contribution in [-0.4, -0.2) is 28.9 Å². The highest BCUT2D eigenvalue weighted by Gasteiger charge is 2.34. The number of aromatic nitrogens is 1. The molecule has 0 aliphatic carbocycles. The standard InChI is InChI=1S/C17H19ClN2O2/c1-3-5-15-19-11(2)16(22-15)17(21)20-9-13(10-20)12-6-4-7-14(18)8-12/h4,6-8,13H,3,5,9-10H2,1-2H3. The molecule has 3 rings (SSSR count). The smallest absolute Gasteiger partial charge is 0.291 e. The first-order chi connectivity index (χ1) is 10.6. The van der Waals surface area contributed by atoms with Gasteiger partial charge in [-0.2, -0.15) is 0 Å². The van der Waals surface area contributed by atoms with Crippen LogP contribution in [0.3, 0.4) is 0 Å². The number of nitrogens with zero attached hydrogens (tertiary/aromatic N) is 2. The van der Waals surface area contributed by atoms with E-state index in [-0.39, 0.29) is 5.91 Å². The third-order valence-corrected chi connectivity index (χ3v) is 4.22. The van der Waals surface area contributed by atoms with Crippen LogP contribution in [0.4, 0.5) is 0 Å². The molecule has 1 amide bonds. The molecule has 0 spiro atoms. The first-order valence-electron chi connectivity index (χ1n) is 7.59. The number of hydrogen-bond acceptors (Lipinski definition) is 3. The van der Waals surface area contributed by atoms with E-state index >= 15 is 0 Å². The lowest BCUT2D eigenvalue weighted by Crippen LogP contribution is -2.48. The normalized spacial score (nSPS) is 15.0. The van der Waals surface area contributed by atoms with E-state index in [1.54, 1.807) is 4.90 Å². The molecule has 0 bridgehead atoms. The van der Waals surface area contributed by atoms with Crippen molar-refractivity contribution in [2.45, 2.75) is 32.6 Å². The Hall–Kier alpha value is -1.81. The van der Waals surface area contributed by atoms with E-state index in [1.165, 1.54) is 5.56 Å². The highest BCUT2D eigenvalue weighted by molar-refractivity contribution is 6.30. The van der Waals surface area contributed by atoms with Crippen LogP contribution < -0.4 is 0 Å². The molecular weight excluding hydrogens is 300 g/mol. The number of rotatable bonds is 4. The summed E-state index contributed by atoms with van der Waals surface area (Å²) in [5, 5.41) is 0.734. The minimum absolute atomic E-state index is 0.0642. The van der Waals surface area contributed by atoms with Crippen LogP contribution in [0, 0.1) is 6.92 Å². The van der Waals surface area contributed by atoms with E-state index in [1.807, 2.05) is 25.1 Å². The summed E-state index contributed by atoms with van der Waals surface area (Å²) in [4.78, 5) is 18.6. The number of hydrogen-bond donors (Lipinski definition) is 0. The summed E-state index contributed by atoms with van der Waals surface area (Å²) in [6.45, 7) is 5.28. The number of amides is 1. The zero-order valence-electron chi connectivity index (χ0n) is 12.8. The molecule has 0 atom stereocenters. The van der Waals surface area contributed by atoms with Crippen molar-refractivity contribution >= 4 is 17.5 Å². The molecule has 0 radical (unpaired) electrons. The molecule has 1 fully saturated rings. The van der Waals surface area contributed by atoms with Gasteiger partial charge in [0.05, 0.1) is 5.69 Å². The molecule has 2 heterocycles. The Bertz CT molecular complexity index is 690. The predicted octanol–water partition coefficient (Wildman–Crippen LogP) is 3.83. The number of benzene rings is 1. The van der Waals surface area contributed by atoms with Gasteiger partial charge in [0, 0.05) is 30.5 Å². The van der Waals surface area contributed by atoms with Gasteiger partial charge in [0.15, 0.2) is 5.89 Å². The summed E-state index contributed by atoms with van der Waals surface area (Å²) in [5.41, 5.74) is 1.86. The van der Waals surface area contributed by atoms with Crippen molar-refractivity contribution in [3.8, 4) is 0 Å². The maximum absolute atomic E-state index is 12.5. The Morgan fingerprint density at radius 1 is 1.45 bits per heavy atom. The molecule has 4 nitrogen and oxygen atoms in total. The van der Waals surface area contributed by atoms with Gasteiger partial charge in [-0.1, -0.05) is 30.7 Å². The molecule has 116 valence electrons. The number of aryl methyl sites for hydroxylation is 2. The fraction of sp³-hybridized carbons (Fsp3) is 0.412. The monoisotopic (exact) mass is 318 g/mol. The van der Waals surface area contributed by atoms with Crippen LogP contribution in [-0.2, 0) is 6.42 Å². The van der Waals surface area contributed by atoms with Gasteiger partial charge in [0.25, 0.3) is 5.91 Å². The fourth-order valence-electron chi connectivity index (χ4n) is 2.73. The van der Waals surface area contributed by atoms with E-state index in [4.69, 9.17) is 16.0 Å². The molecule has 1 aliphatic rings. The van der Waals surface area contributed by atoms with Gasteiger partial charge in [-0.3, -0.25) is 4.79 Å². The highest BCUT2D eigenvalue weighted by Crippen LogP contribution is 2.30. The molecule has 1 aliphatic heterocycles. The Morgan fingerprint density at radius 3 is 2.91 bits per heavy atom. The second-order valence-corrected chi connectivity index (χ2v) is 6.17. The predicted molar refractivity (Wildman–Crippen MR) is 85.3 cm³/mol. The zero-order valence-corrected chi connectivity index (χ0v) is 13.6. The molecule has 1 saturated heterocycles. The van der Waals surface area contributed by atoms with Gasteiger partial charge in [-0.05, 0) is 31.0 Å². The minimum atomic E-state index is -0.0642. The van der Waals surface area contributed by atoms with Crippen molar-refractivity contribution in [1.82, 2.24) is 9.88 Å². The quantitative estimate of drug-likeness (QED) is 0.860. The Balaban J connectivity index is 1.66. The van der Waals surface area contributed by atoms with Crippen molar-refractivity contribution in [2.75, 3.05) is 13.1 Å². The zero-order chi connectivity index (χ0) is 15.7. The van der Waals surface area contributed by atoms with Crippen LogP contribution in [0.5, 0.6) is 0 Å². The molecule has 2 aromatic rings. The first kappa shape index (κ1) is 15.1. The van der Waals surface area contributed by atoms with Crippen LogP contribution in [0.15, 0.2) is 28.7 Å². The fourth-order valence-corrected chi connectivity index (χ4v) is 2.93. The summed E-state index contributed by atoms with van der Waals surface area (Å²) in [6.07, 6.45) is 1.72. The molecule has 22 heavy (non-hydrogen) atoms. The van der Waals surface area contributed by atoms with Gasteiger partial charge < -0.3 is 9.32 Å². The lowest BCUT2D eigenvalue weighted by Gasteiger charge is -2.39. The van der Waals surface area contributed by atoms with Crippen molar-refractivity contribution in [2.24, 2.45) is 0 Å². The summed E-state index contributed by atoms with van der Waals surface area (Å²) in [5.74, 6) is 1.31. The average molecular weight is 319 g/mol. The number of likely N-dealkylation sites (tertiary alicyclic amines) is 1. The first-order valence-corrected chi connectivity index (χ1v) is 7.97. The second-order valence-electron chi connectivity index (χ2n) is 5.73. The summed E-state index contributed by atoms with van der Waals surface area (Å²) >= 11 is 6.01. The van der Waals surface area contributed by atoms with Crippen molar-refractivity contribution < 1.29 is 9.21 Å². The number of carbonyl (C=O) groups is 1.